The lowest BCUT2D eigenvalue weighted by atomic mass is 10.1. The Morgan fingerprint density at radius 1 is 1.08 bits per heavy atom. The van der Waals surface area contributed by atoms with Gasteiger partial charge in [-0.05, 0) is 49.2 Å². The Hall–Kier alpha value is -3.02. The summed E-state index contributed by atoms with van der Waals surface area (Å²) in [5.41, 5.74) is 2.70. The number of carbonyl (C=O) groups excluding carboxylic acids is 2. The van der Waals surface area contributed by atoms with E-state index >= 15 is 0 Å². The average Bonchev–Trinajstić information content (AvgIpc) is 3.16. The summed E-state index contributed by atoms with van der Waals surface area (Å²) < 4.78 is 5.35. The Labute approximate surface area is 145 Å². The number of ether oxygens (including phenoxy) is 1. The molecule has 0 atom stereocenters. The standard InChI is InChI=1S/C19H19N3O3/c23-17-12-25-16-5-3-4-15(18(16)21-17)19(24)20-13-6-8-14(9-7-13)22-10-1-2-11-22/h3-9H,1-2,10-12H2,(H,20,24)(H,21,23). The van der Waals surface area contributed by atoms with Gasteiger partial charge in [0.2, 0.25) is 0 Å². The third-order valence-electron chi connectivity index (χ3n) is 4.49. The van der Waals surface area contributed by atoms with Crippen LogP contribution in [0, 0.1) is 0 Å². The third-order valence-corrected chi connectivity index (χ3v) is 4.49. The predicted molar refractivity (Wildman–Crippen MR) is 96.4 cm³/mol. The lowest BCUT2D eigenvalue weighted by molar-refractivity contribution is -0.118. The van der Waals surface area contributed by atoms with Crippen molar-refractivity contribution in [2.24, 2.45) is 0 Å². The topological polar surface area (TPSA) is 70.7 Å². The van der Waals surface area contributed by atoms with Crippen molar-refractivity contribution in [3.05, 3.63) is 48.0 Å². The van der Waals surface area contributed by atoms with E-state index in [4.69, 9.17) is 4.74 Å². The van der Waals surface area contributed by atoms with Gasteiger partial charge in [-0.25, -0.2) is 0 Å². The fraction of sp³-hybridized carbons (Fsp3) is 0.263. The van der Waals surface area contributed by atoms with Gasteiger partial charge in [-0.1, -0.05) is 6.07 Å². The summed E-state index contributed by atoms with van der Waals surface area (Å²) in [6, 6.07) is 13.0. The third kappa shape index (κ3) is 3.15. The molecule has 1 saturated heterocycles. The van der Waals surface area contributed by atoms with Crippen molar-refractivity contribution in [1.82, 2.24) is 0 Å². The van der Waals surface area contributed by atoms with Crippen LogP contribution in [-0.4, -0.2) is 31.5 Å². The molecule has 6 heteroatoms. The van der Waals surface area contributed by atoms with Gasteiger partial charge in [0.25, 0.3) is 11.8 Å². The summed E-state index contributed by atoms with van der Waals surface area (Å²) >= 11 is 0. The van der Waals surface area contributed by atoms with Crippen LogP contribution in [0.2, 0.25) is 0 Å². The van der Waals surface area contributed by atoms with Gasteiger partial charge in [0, 0.05) is 24.5 Å². The number of hydrogen-bond donors (Lipinski definition) is 2. The fourth-order valence-corrected chi connectivity index (χ4v) is 3.22. The van der Waals surface area contributed by atoms with Crippen molar-refractivity contribution in [3.8, 4) is 5.75 Å². The van der Waals surface area contributed by atoms with Crippen molar-refractivity contribution in [3.63, 3.8) is 0 Å². The summed E-state index contributed by atoms with van der Waals surface area (Å²) in [6.07, 6.45) is 2.46. The van der Waals surface area contributed by atoms with Gasteiger partial charge < -0.3 is 20.3 Å². The van der Waals surface area contributed by atoms with Gasteiger partial charge in [-0.15, -0.1) is 0 Å². The largest absolute Gasteiger partial charge is 0.482 e. The minimum absolute atomic E-state index is 0.0317. The summed E-state index contributed by atoms with van der Waals surface area (Å²) in [5.74, 6) is -0.0316. The zero-order valence-electron chi connectivity index (χ0n) is 13.7. The van der Waals surface area contributed by atoms with Crippen molar-refractivity contribution in [2.45, 2.75) is 12.8 Å². The van der Waals surface area contributed by atoms with Crippen molar-refractivity contribution < 1.29 is 14.3 Å². The van der Waals surface area contributed by atoms with Gasteiger partial charge in [-0.3, -0.25) is 9.59 Å². The number of para-hydroxylation sites is 1. The zero-order chi connectivity index (χ0) is 17.2. The van der Waals surface area contributed by atoms with Crippen LogP contribution < -0.4 is 20.3 Å². The minimum Gasteiger partial charge on any atom is -0.482 e. The number of benzene rings is 2. The highest BCUT2D eigenvalue weighted by Gasteiger charge is 2.22. The maximum Gasteiger partial charge on any atom is 0.262 e. The Balaban J connectivity index is 1.51. The van der Waals surface area contributed by atoms with E-state index in [0.717, 1.165) is 13.1 Å². The average molecular weight is 337 g/mol. The van der Waals surface area contributed by atoms with Crippen LogP contribution in [0.5, 0.6) is 5.75 Å². The molecule has 2 aliphatic heterocycles. The Morgan fingerprint density at radius 2 is 1.84 bits per heavy atom. The molecule has 0 spiro atoms. The molecular formula is C19H19N3O3. The molecule has 0 saturated carbocycles. The molecule has 6 nitrogen and oxygen atoms in total. The van der Waals surface area contributed by atoms with Crippen LogP contribution in [0.3, 0.4) is 0 Å². The molecule has 2 N–H and O–H groups in total. The van der Waals surface area contributed by atoms with E-state index in [1.165, 1.54) is 18.5 Å². The number of rotatable bonds is 3. The van der Waals surface area contributed by atoms with E-state index in [9.17, 15) is 9.59 Å². The van der Waals surface area contributed by atoms with E-state index in [-0.39, 0.29) is 18.4 Å². The van der Waals surface area contributed by atoms with Crippen LogP contribution in [0.4, 0.5) is 17.1 Å². The van der Waals surface area contributed by atoms with E-state index in [1.807, 2.05) is 24.3 Å². The van der Waals surface area contributed by atoms with Gasteiger partial charge >= 0.3 is 0 Å². The molecule has 1 fully saturated rings. The first-order valence-corrected chi connectivity index (χ1v) is 8.43. The number of nitrogens with zero attached hydrogens (tertiary/aromatic N) is 1. The van der Waals surface area contributed by atoms with E-state index in [1.54, 1.807) is 18.2 Å². The van der Waals surface area contributed by atoms with Crippen molar-refractivity contribution in [2.75, 3.05) is 35.2 Å². The zero-order valence-corrected chi connectivity index (χ0v) is 13.7. The van der Waals surface area contributed by atoms with Gasteiger partial charge in [0.1, 0.15) is 5.75 Å². The number of nitrogens with one attached hydrogen (secondary N) is 2. The molecular weight excluding hydrogens is 318 g/mol. The summed E-state index contributed by atoms with van der Waals surface area (Å²) in [4.78, 5) is 26.5. The van der Waals surface area contributed by atoms with Crippen molar-refractivity contribution in [1.29, 1.82) is 0 Å². The van der Waals surface area contributed by atoms with Crippen LogP contribution >= 0.6 is 0 Å². The number of amides is 2. The highest BCUT2D eigenvalue weighted by Crippen LogP contribution is 2.31. The normalized spacial score (nSPS) is 16.0. The molecule has 0 unspecified atom stereocenters. The van der Waals surface area contributed by atoms with Gasteiger partial charge in [-0.2, -0.15) is 0 Å². The molecule has 0 radical (unpaired) electrons. The molecule has 2 aromatic rings. The SMILES string of the molecule is O=C1COc2cccc(C(=O)Nc3ccc(N4CCCC4)cc3)c2N1. The molecule has 2 amide bonds. The molecule has 2 aromatic carbocycles. The quantitative estimate of drug-likeness (QED) is 0.903. The second-order valence-electron chi connectivity index (χ2n) is 6.21. The first-order chi connectivity index (χ1) is 12.2. The Morgan fingerprint density at radius 3 is 2.60 bits per heavy atom. The van der Waals surface area contributed by atoms with Crippen LogP contribution in [0.25, 0.3) is 0 Å². The summed E-state index contributed by atoms with van der Waals surface area (Å²) in [5, 5.41) is 5.59. The molecule has 25 heavy (non-hydrogen) atoms. The maximum absolute atomic E-state index is 12.6. The minimum atomic E-state index is -0.281. The van der Waals surface area contributed by atoms with E-state index in [2.05, 4.69) is 15.5 Å². The van der Waals surface area contributed by atoms with Gasteiger partial charge in [0.15, 0.2) is 6.61 Å². The summed E-state index contributed by atoms with van der Waals surface area (Å²) in [7, 11) is 0. The second kappa shape index (κ2) is 6.47. The second-order valence-corrected chi connectivity index (χ2v) is 6.21. The molecule has 0 aromatic heterocycles. The fourth-order valence-electron chi connectivity index (χ4n) is 3.22. The smallest absolute Gasteiger partial charge is 0.262 e. The number of fused-ring (bicyclic) bond motifs is 1. The molecule has 0 bridgehead atoms. The molecule has 4 rings (SSSR count). The van der Waals surface area contributed by atoms with E-state index in [0.29, 0.717) is 22.7 Å². The highest BCUT2D eigenvalue weighted by molar-refractivity contribution is 6.12. The van der Waals surface area contributed by atoms with Crippen LogP contribution in [0.15, 0.2) is 42.5 Å². The molecule has 2 aliphatic rings. The Kier molecular flexibility index (Phi) is 4.01. The van der Waals surface area contributed by atoms with Crippen molar-refractivity contribution >= 4 is 28.9 Å². The van der Waals surface area contributed by atoms with Crippen LogP contribution in [0.1, 0.15) is 23.2 Å². The van der Waals surface area contributed by atoms with E-state index < -0.39 is 0 Å². The monoisotopic (exact) mass is 337 g/mol. The molecule has 2 heterocycles. The number of hydrogen-bond acceptors (Lipinski definition) is 4. The number of anilines is 3. The first kappa shape index (κ1) is 15.5. The predicted octanol–water partition coefficient (Wildman–Crippen LogP) is 2.87. The Bertz CT molecular complexity index is 811. The first-order valence-electron chi connectivity index (χ1n) is 8.43. The van der Waals surface area contributed by atoms with Crippen LogP contribution in [-0.2, 0) is 4.79 Å². The van der Waals surface area contributed by atoms with Gasteiger partial charge in [0.05, 0.1) is 11.3 Å². The highest BCUT2D eigenvalue weighted by atomic mass is 16.5. The maximum atomic E-state index is 12.6. The molecule has 0 aliphatic carbocycles. The molecule has 128 valence electrons. The number of carbonyl (C=O) groups is 2. The lowest BCUT2D eigenvalue weighted by Gasteiger charge is -2.20. The lowest BCUT2D eigenvalue weighted by Crippen LogP contribution is -2.27. The summed E-state index contributed by atoms with van der Waals surface area (Å²) in [6.45, 7) is 2.14.